The molecule has 2 aromatic rings. The molecule has 10 heteroatoms. The lowest BCUT2D eigenvalue weighted by atomic mass is 10.0. The number of aliphatic hydroxyl groups is 3. The molecule has 0 unspecified atom stereocenters. The van der Waals surface area contributed by atoms with Crippen LogP contribution in [0.2, 0.25) is 0 Å². The van der Waals surface area contributed by atoms with Gasteiger partial charge in [0.1, 0.15) is 12.2 Å². The van der Waals surface area contributed by atoms with E-state index in [1.54, 1.807) is 0 Å². The fourth-order valence-electron chi connectivity index (χ4n) is 2.34. The standard InChI is InChI=1S/C10H13N5O5/c11-7-6-8(14-9(18)13-7)15(3-12-6)10(19)4(17)2-20-5(10)1-16/h3-5,16-17,19H,1-2H2,(H3,11,13,14,18)/t4-,5+,10+/m0/s1. The predicted octanol–water partition coefficient (Wildman–Crippen LogP) is -2.49. The summed E-state index contributed by atoms with van der Waals surface area (Å²) in [5.41, 5.74) is 3.83. The molecule has 2 aromatic heterocycles. The third-order valence-corrected chi connectivity index (χ3v) is 3.38. The number of nitrogens with zero attached hydrogens (tertiary/aromatic N) is 4. The first-order chi connectivity index (χ1) is 9.48. The van der Waals surface area contributed by atoms with Crippen LogP contribution in [0.3, 0.4) is 0 Å². The van der Waals surface area contributed by atoms with Gasteiger partial charge >= 0.3 is 6.01 Å². The summed E-state index contributed by atoms with van der Waals surface area (Å²) in [4.78, 5) is 11.2. The third kappa shape index (κ3) is 1.56. The molecular weight excluding hydrogens is 270 g/mol. The molecule has 108 valence electrons. The molecule has 3 rings (SSSR count). The number of rotatable bonds is 2. The van der Waals surface area contributed by atoms with Crippen LogP contribution in [0.5, 0.6) is 6.01 Å². The lowest BCUT2D eigenvalue weighted by molar-refractivity contribution is -0.148. The molecule has 0 radical (unpaired) electrons. The molecule has 0 spiro atoms. The van der Waals surface area contributed by atoms with Gasteiger partial charge in [0.25, 0.3) is 0 Å². The molecule has 1 aliphatic rings. The van der Waals surface area contributed by atoms with Crippen molar-refractivity contribution in [2.75, 3.05) is 18.9 Å². The Morgan fingerprint density at radius 1 is 1.50 bits per heavy atom. The van der Waals surface area contributed by atoms with Crippen LogP contribution in [0.4, 0.5) is 5.82 Å². The van der Waals surface area contributed by atoms with E-state index in [9.17, 15) is 20.4 Å². The molecule has 10 nitrogen and oxygen atoms in total. The van der Waals surface area contributed by atoms with Crippen LogP contribution in [-0.4, -0.2) is 65.4 Å². The van der Waals surface area contributed by atoms with Crippen molar-refractivity contribution in [3.63, 3.8) is 0 Å². The van der Waals surface area contributed by atoms with Crippen LogP contribution >= 0.6 is 0 Å². The van der Waals surface area contributed by atoms with Crippen molar-refractivity contribution in [1.82, 2.24) is 19.5 Å². The average Bonchev–Trinajstić information content (AvgIpc) is 2.93. The molecule has 0 amide bonds. The first-order valence-corrected chi connectivity index (χ1v) is 5.81. The first-order valence-electron chi connectivity index (χ1n) is 5.81. The normalized spacial score (nSPS) is 30.1. The van der Waals surface area contributed by atoms with Crippen molar-refractivity contribution < 1.29 is 25.2 Å². The Hall–Kier alpha value is -2.01. The molecule has 1 saturated heterocycles. The molecule has 0 aromatic carbocycles. The van der Waals surface area contributed by atoms with Crippen molar-refractivity contribution in [3.05, 3.63) is 6.33 Å². The summed E-state index contributed by atoms with van der Waals surface area (Å²) in [6, 6.07) is -0.589. The summed E-state index contributed by atoms with van der Waals surface area (Å²) in [6.07, 6.45) is -1.17. The van der Waals surface area contributed by atoms with Gasteiger partial charge in [-0.15, -0.1) is 0 Å². The lowest BCUT2D eigenvalue weighted by Gasteiger charge is -2.31. The number of ether oxygens (including phenoxy) is 1. The Morgan fingerprint density at radius 3 is 2.95 bits per heavy atom. The highest BCUT2D eigenvalue weighted by Crippen LogP contribution is 2.34. The monoisotopic (exact) mass is 283 g/mol. The van der Waals surface area contributed by atoms with E-state index in [1.807, 2.05) is 0 Å². The van der Waals surface area contributed by atoms with Gasteiger partial charge in [-0.25, -0.2) is 4.98 Å². The van der Waals surface area contributed by atoms with Crippen molar-refractivity contribution in [3.8, 4) is 6.01 Å². The summed E-state index contributed by atoms with van der Waals surface area (Å²) in [7, 11) is 0. The van der Waals surface area contributed by atoms with Crippen molar-refractivity contribution in [2.24, 2.45) is 0 Å². The molecule has 20 heavy (non-hydrogen) atoms. The summed E-state index contributed by atoms with van der Waals surface area (Å²) in [5, 5.41) is 39.3. The van der Waals surface area contributed by atoms with E-state index in [4.69, 9.17) is 10.5 Å². The second-order valence-electron chi connectivity index (χ2n) is 4.50. The Labute approximate surface area is 112 Å². The van der Waals surface area contributed by atoms with Crippen LogP contribution in [0.15, 0.2) is 6.33 Å². The number of anilines is 1. The number of aromatic hydroxyl groups is 1. The van der Waals surface area contributed by atoms with Crippen molar-refractivity contribution >= 4 is 17.0 Å². The first kappa shape index (κ1) is 13.0. The lowest BCUT2D eigenvalue weighted by Crippen LogP contribution is -2.50. The van der Waals surface area contributed by atoms with E-state index < -0.39 is 30.6 Å². The smallest absolute Gasteiger partial charge is 0.317 e. The second-order valence-corrected chi connectivity index (χ2v) is 4.50. The molecule has 0 bridgehead atoms. The van der Waals surface area contributed by atoms with E-state index in [2.05, 4.69) is 15.0 Å². The van der Waals surface area contributed by atoms with Crippen LogP contribution < -0.4 is 5.73 Å². The number of hydrogen-bond acceptors (Lipinski definition) is 9. The second kappa shape index (κ2) is 4.24. The van der Waals surface area contributed by atoms with E-state index >= 15 is 0 Å². The van der Waals surface area contributed by atoms with Gasteiger partial charge in [0.2, 0.25) is 5.72 Å². The Balaban J connectivity index is 2.23. The zero-order valence-electron chi connectivity index (χ0n) is 10.2. The molecule has 0 aliphatic carbocycles. The fourth-order valence-corrected chi connectivity index (χ4v) is 2.34. The number of aromatic nitrogens is 4. The van der Waals surface area contributed by atoms with Crippen LogP contribution in [0.25, 0.3) is 11.2 Å². The molecule has 3 atom stereocenters. The van der Waals surface area contributed by atoms with Gasteiger partial charge in [0.05, 0.1) is 19.5 Å². The number of imidazole rings is 1. The van der Waals surface area contributed by atoms with Crippen LogP contribution in [0.1, 0.15) is 0 Å². The van der Waals surface area contributed by atoms with Gasteiger partial charge in [-0.1, -0.05) is 0 Å². The third-order valence-electron chi connectivity index (χ3n) is 3.38. The molecule has 6 N–H and O–H groups in total. The number of nitrogen functional groups attached to an aromatic ring is 1. The minimum absolute atomic E-state index is 0.0282. The van der Waals surface area contributed by atoms with E-state index in [1.165, 1.54) is 6.33 Å². The SMILES string of the molecule is Nc1nc(O)nc2c1ncn2[C@@]1(O)[C@@H](O)CO[C@@H]1CO. The minimum atomic E-state index is -1.96. The van der Waals surface area contributed by atoms with Crippen molar-refractivity contribution in [1.29, 1.82) is 0 Å². The number of nitrogens with two attached hydrogens (primary N) is 1. The number of aliphatic hydroxyl groups excluding tert-OH is 2. The Kier molecular flexibility index (Phi) is 2.76. The summed E-state index contributed by atoms with van der Waals surface area (Å²) in [6.45, 7) is -0.673. The topological polar surface area (TPSA) is 160 Å². The average molecular weight is 283 g/mol. The van der Waals surface area contributed by atoms with Gasteiger partial charge < -0.3 is 30.9 Å². The highest BCUT2D eigenvalue weighted by molar-refractivity contribution is 5.82. The van der Waals surface area contributed by atoms with Crippen molar-refractivity contribution in [2.45, 2.75) is 17.9 Å². The maximum Gasteiger partial charge on any atom is 0.317 e. The molecule has 1 fully saturated rings. The zero-order valence-corrected chi connectivity index (χ0v) is 10.2. The summed E-state index contributed by atoms with van der Waals surface area (Å²) in [5.74, 6) is -0.0659. The largest absolute Gasteiger partial charge is 0.479 e. The zero-order chi connectivity index (χ0) is 14.5. The fraction of sp³-hybridized carbons (Fsp3) is 0.500. The molecular formula is C10H13N5O5. The summed E-state index contributed by atoms with van der Waals surface area (Å²) >= 11 is 0. The van der Waals surface area contributed by atoms with Crippen LogP contribution in [0, 0.1) is 0 Å². The highest BCUT2D eigenvalue weighted by Gasteiger charge is 2.52. The minimum Gasteiger partial charge on any atom is -0.479 e. The van der Waals surface area contributed by atoms with Gasteiger partial charge in [-0.05, 0) is 0 Å². The molecule has 0 saturated carbocycles. The number of hydrogen-bond donors (Lipinski definition) is 5. The van der Waals surface area contributed by atoms with E-state index in [0.29, 0.717) is 0 Å². The molecule has 3 heterocycles. The van der Waals surface area contributed by atoms with Gasteiger partial charge in [0, 0.05) is 0 Å². The summed E-state index contributed by atoms with van der Waals surface area (Å²) < 4.78 is 6.24. The van der Waals surface area contributed by atoms with Gasteiger partial charge in [-0.3, -0.25) is 4.57 Å². The van der Waals surface area contributed by atoms with E-state index in [0.717, 1.165) is 4.57 Å². The van der Waals surface area contributed by atoms with Gasteiger partial charge in [-0.2, -0.15) is 9.97 Å². The maximum atomic E-state index is 10.7. The van der Waals surface area contributed by atoms with Gasteiger partial charge in [0.15, 0.2) is 17.0 Å². The Morgan fingerprint density at radius 2 is 2.25 bits per heavy atom. The Bertz CT molecular complexity index is 661. The highest BCUT2D eigenvalue weighted by atomic mass is 16.6. The molecule has 1 aliphatic heterocycles. The number of fused-ring (bicyclic) bond motifs is 1. The maximum absolute atomic E-state index is 10.7. The van der Waals surface area contributed by atoms with Crippen LogP contribution in [-0.2, 0) is 10.5 Å². The predicted molar refractivity (Wildman–Crippen MR) is 64.4 cm³/mol. The van der Waals surface area contributed by atoms with E-state index in [-0.39, 0.29) is 23.6 Å². The quantitative estimate of drug-likeness (QED) is 0.401.